The van der Waals surface area contributed by atoms with Crippen LogP contribution in [-0.2, 0) is 11.3 Å². The number of carbonyl (C=O) groups is 1. The maximum Gasteiger partial charge on any atom is 0.280 e. The van der Waals surface area contributed by atoms with Gasteiger partial charge in [-0.05, 0) is 37.6 Å². The number of anilines is 1. The molecule has 6 nitrogen and oxygen atoms in total. The van der Waals surface area contributed by atoms with Crippen LogP contribution in [0, 0.1) is 13.8 Å². The number of nitrogens with zero attached hydrogens (tertiary/aromatic N) is 3. The van der Waals surface area contributed by atoms with E-state index < -0.39 is 36.6 Å². The zero-order valence-corrected chi connectivity index (χ0v) is 15.8. The fourth-order valence-corrected chi connectivity index (χ4v) is 3.05. The van der Waals surface area contributed by atoms with E-state index in [0.717, 1.165) is 10.2 Å². The highest BCUT2D eigenvalue weighted by Gasteiger charge is 2.24. The van der Waals surface area contributed by atoms with Crippen molar-refractivity contribution >= 4 is 22.6 Å². The number of hydrogen-bond acceptors (Lipinski definition) is 4. The number of amides is 1. The lowest BCUT2D eigenvalue weighted by Gasteiger charge is -2.11. The molecule has 0 spiro atoms. The molecule has 0 aliphatic rings. The first-order chi connectivity index (χ1) is 13.7. The third-order valence-corrected chi connectivity index (χ3v) is 4.31. The molecule has 154 valence electrons. The second-order valence-electron chi connectivity index (χ2n) is 6.43. The van der Waals surface area contributed by atoms with Gasteiger partial charge in [-0.2, -0.15) is 5.10 Å². The quantitative estimate of drug-likeness (QED) is 0.605. The van der Waals surface area contributed by atoms with Gasteiger partial charge in [0.05, 0.1) is 23.9 Å². The molecule has 1 amide bonds. The number of benzene rings is 1. The van der Waals surface area contributed by atoms with E-state index in [2.05, 4.69) is 15.4 Å². The molecular weight excluding hydrogens is 392 g/mol. The number of alkyl halides is 4. The molecule has 0 bridgehead atoms. The maximum atomic E-state index is 13.4. The second kappa shape index (κ2) is 8.06. The summed E-state index contributed by atoms with van der Waals surface area (Å²) in [5, 5.41) is 6.67. The fraction of sp³-hybridized carbons (Fsp3) is 0.316. The van der Waals surface area contributed by atoms with Gasteiger partial charge in [0.1, 0.15) is 18.0 Å². The lowest BCUT2D eigenvalue weighted by atomic mass is 10.1. The summed E-state index contributed by atoms with van der Waals surface area (Å²) >= 11 is 0. The molecule has 0 radical (unpaired) electrons. The van der Waals surface area contributed by atoms with Crippen LogP contribution >= 0.6 is 0 Å². The minimum Gasteiger partial charge on any atom is -0.495 e. The lowest BCUT2D eigenvalue weighted by Crippen LogP contribution is -2.20. The van der Waals surface area contributed by atoms with Crippen LogP contribution in [0.4, 0.5) is 23.2 Å². The Morgan fingerprint density at radius 2 is 1.90 bits per heavy atom. The Labute approximate surface area is 163 Å². The minimum absolute atomic E-state index is 0.0367. The average molecular weight is 410 g/mol. The van der Waals surface area contributed by atoms with Crippen LogP contribution in [0.3, 0.4) is 0 Å². The number of nitrogens with one attached hydrogen (secondary N) is 1. The fourth-order valence-electron chi connectivity index (χ4n) is 3.05. The molecule has 2 heterocycles. The Hall–Kier alpha value is -3.17. The van der Waals surface area contributed by atoms with Gasteiger partial charge in [0.15, 0.2) is 5.65 Å². The van der Waals surface area contributed by atoms with Gasteiger partial charge in [-0.25, -0.2) is 27.2 Å². The third kappa shape index (κ3) is 4.15. The molecule has 1 aromatic carbocycles. The highest BCUT2D eigenvalue weighted by Crippen LogP contribution is 2.32. The molecule has 0 saturated heterocycles. The maximum absolute atomic E-state index is 13.4. The van der Waals surface area contributed by atoms with E-state index in [1.807, 2.05) is 6.92 Å². The molecule has 0 unspecified atom stereocenters. The molecule has 1 N–H and O–H groups in total. The number of fused-ring (bicyclic) bond motifs is 1. The summed E-state index contributed by atoms with van der Waals surface area (Å²) in [6.07, 6.45) is -6.02. The predicted molar refractivity (Wildman–Crippen MR) is 98.5 cm³/mol. The number of carbonyl (C=O) groups excluding carboxylic acids is 1. The van der Waals surface area contributed by atoms with E-state index in [9.17, 15) is 22.4 Å². The van der Waals surface area contributed by atoms with Crippen molar-refractivity contribution in [1.82, 2.24) is 14.8 Å². The van der Waals surface area contributed by atoms with E-state index in [-0.39, 0.29) is 16.7 Å². The summed E-state index contributed by atoms with van der Waals surface area (Å²) in [7, 11) is 1.45. The summed E-state index contributed by atoms with van der Waals surface area (Å²) in [5.74, 6) is -0.107. The van der Waals surface area contributed by atoms with Crippen molar-refractivity contribution in [2.45, 2.75) is 33.2 Å². The smallest absolute Gasteiger partial charge is 0.280 e. The van der Waals surface area contributed by atoms with Crippen molar-refractivity contribution < 1.29 is 27.1 Å². The molecule has 3 aromatic rings. The number of aryl methyl sites for hydroxylation is 2. The molecule has 29 heavy (non-hydrogen) atoms. The Bertz CT molecular complexity index is 1070. The number of rotatable bonds is 6. The number of methoxy groups -OCH3 is 1. The summed E-state index contributed by atoms with van der Waals surface area (Å²) < 4.78 is 59.3. The SMILES string of the molecule is COc1ccc(C)cc1NC(=O)Cn1nc(C)c2c(C(F)F)cc(C(F)F)nc21. The number of hydrogen-bond donors (Lipinski definition) is 1. The van der Waals surface area contributed by atoms with E-state index in [1.165, 1.54) is 14.0 Å². The predicted octanol–water partition coefficient (Wildman–Crippen LogP) is 4.57. The standard InChI is InChI=1S/C19H18F4N4O2/c1-9-4-5-14(29-3)12(6-9)24-15(28)8-27-19-16(10(2)26-27)11(17(20)21)7-13(25-19)18(22)23/h4-7,17-18H,8H2,1-3H3,(H,24,28). The van der Waals surface area contributed by atoms with Gasteiger partial charge in [-0.15, -0.1) is 0 Å². The van der Waals surface area contributed by atoms with Gasteiger partial charge in [0.2, 0.25) is 5.91 Å². The normalized spacial score (nSPS) is 11.5. The van der Waals surface area contributed by atoms with Crippen molar-refractivity contribution in [3.63, 3.8) is 0 Å². The topological polar surface area (TPSA) is 69.0 Å². The Morgan fingerprint density at radius 3 is 2.52 bits per heavy atom. The number of aromatic nitrogens is 3. The first kappa shape index (κ1) is 20.6. The molecule has 3 rings (SSSR count). The molecule has 0 saturated carbocycles. The van der Waals surface area contributed by atoms with Crippen LogP contribution in [0.5, 0.6) is 5.75 Å². The Morgan fingerprint density at radius 1 is 1.17 bits per heavy atom. The number of halogens is 4. The van der Waals surface area contributed by atoms with Gasteiger partial charge < -0.3 is 10.1 Å². The van der Waals surface area contributed by atoms with Crippen molar-refractivity contribution in [1.29, 1.82) is 0 Å². The number of ether oxygens (including phenoxy) is 1. The van der Waals surface area contributed by atoms with Gasteiger partial charge in [-0.3, -0.25) is 4.79 Å². The van der Waals surface area contributed by atoms with Gasteiger partial charge in [-0.1, -0.05) is 6.07 Å². The van der Waals surface area contributed by atoms with Gasteiger partial charge >= 0.3 is 0 Å². The molecule has 0 aliphatic carbocycles. The highest BCUT2D eigenvalue weighted by atomic mass is 19.3. The van der Waals surface area contributed by atoms with Crippen LogP contribution in [0.2, 0.25) is 0 Å². The zero-order chi connectivity index (χ0) is 21.3. The van der Waals surface area contributed by atoms with E-state index in [4.69, 9.17) is 4.74 Å². The van der Waals surface area contributed by atoms with Crippen molar-refractivity contribution in [2.75, 3.05) is 12.4 Å². The second-order valence-corrected chi connectivity index (χ2v) is 6.43. The monoisotopic (exact) mass is 410 g/mol. The molecule has 0 aliphatic heterocycles. The summed E-state index contributed by atoms with van der Waals surface area (Å²) in [5.41, 5.74) is -0.109. The van der Waals surface area contributed by atoms with E-state index in [0.29, 0.717) is 17.5 Å². The van der Waals surface area contributed by atoms with Crippen LogP contribution in [0.25, 0.3) is 11.0 Å². The average Bonchev–Trinajstić information content (AvgIpc) is 2.96. The van der Waals surface area contributed by atoms with Gasteiger partial charge in [0, 0.05) is 5.56 Å². The van der Waals surface area contributed by atoms with Crippen LogP contribution in [-0.4, -0.2) is 27.8 Å². The van der Waals surface area contributed by atoms with Crippen molar-refractivity contribution in [3.8, 4) is 5.75 Å². The minimum atomic E-state index is -3.04. The summed E-state index contributed by atoms with van der Waals surface area (Å²) in [6.45, 7) is 2.89. The largest absolute Gasteiger partial charge is 0.495 e. The number of pyridine rings is 1. The van der Waals surface area contributed by atoms with Crippen molar-refractivity contribution in [2.24, 2.45) is 0 Å². The third-order valence-electron chi connectivity index (χ3n) is 4.31. The first-order valence-electron chi connectivity index (χ1n) is 8.60. The Balaban J connectivity index is 1.98. The molecule has 0 fully saturated rings. The molecule has 10 heteroatoms. The summed E-state index contributed by atoms with van der Waals surface area (Å²) in [6, 6.07) is 5.86. The highest BCUT2D eigenvalue weighted by molar-refractivity contribution is 5.93. The van der Waals surface area contributed by atoms with E-state index in [1.54, 1.807) is 18.2 Å². The molecule has 0 atom stereocenters. The van der Waals surface area contributed by atoms with E-state index >= 15 is 0 Å². The zero-order valence-electron chi connectivity index (χ0n) is 15.8. The van der Waals surface area contributed by atoms with Gasteiger partial charge in [0.25, 0.3) is 12.9 Å². The van der Waals surface area contributed by atoms with Crippen LogP contribution in [0.15, 0.2) is 24.3 Å². The van der Waals surface area contributed by atoms with Crippen LogP contribution in [0.1, 0.15) is 35.4 Å². The van der Waals surface area contributed by atoms with Crippen molar-refractivity contribution in [3.05, 3.63) is 46.8 Å². The lowest BCUT2D eigenvalue weighted by molar-refractivity contribution is -0.116. The summed E-state index contributed by atoms with van der Waals surface area (Å²) in [4.78, 5) is 16.3. The molecule has 2 aromatic heterocycles. The molecular formula is C19H18F4N4O2. The first-order valence-corrected chi connectivity index (χ1v) is 8.60. The van der Waals surface area contributed by atoms with Crippen LogP contribution < -0.4 is 10.1 Å². The Kier molecular flexibility index (Phi) is 5.71.